The first-order valence-electron chi connectivity index (χ1n) is 7.95. The first-order valence-corrected chi connectivity index (χ1v) is 7.95. The van der Waals surface area contributed by atoms with Crippen molar-refractivity contribution in [1.29, 1.82) is 0 Å². The van der Waals surface area contributed by atoms with Gasteiger partial charge in [0, 0.05) is 31.7 Å². The van der Waals surface area contributed by atoms with Gasteiger partial charge >= 0.3 is 0 Å². The van der Waals surface area contributed by atoms with Gasteiger partial charge in [-0.2, -0.15) is 0 Å². The van der Waals surface area contributed by atoms with Gasteiger partial charge in [-0.25, -0.2) is 0 Å². The van der Waals surface area contributed by atoms with Crippen molar-refractivity contribution in [1.82, 2.24) is 9.80 Å². The Balaban J connectivity index is 2.54. The van der Waals surface area contributed by atoms with Gasteiger partial charge in [-0.3, -0.25) is 4.79 Å². The number of ether oxygens (including phenoxy) is 1. The quantitative estimate of drug-likeness (QED) is 0.756. The third kappa shape index (κ3) is 5.31. The molecule has 22 heavy (non-hydrogen) atoms. The van der Waals surface area contributed by atoms with E-state index in [1.165, 1.54) is 0 Å². The molecule has 0 bridgehead atoms. The summed E-state index contributed by atoms with van der Waals surface area (Å²) in [7, 11) is 1.77. The van der Waals surface area contributed by atoms with Crippen LogP contribution in [0.15, 0.2) is 24.3 Å². The predicted octanol–water partition coefficient (Wildman–Crippen LogP) is 1.83. The van der Waals surface area contributed by atoms with Gasteiger partial charge in [-0.05, 0) is 44.3 Å². The second-order valence-electron chi connectivity index (χ2n) is 5.40. The number of hydrogen-bond donors (Lipinski definition) is 1. The molecule has 0 spiro atoms. The van der Waals surface area contributed by atoms with Crippen LogP contribution in [0.4, 0.5) is 0 Å². The molecule has 5 heteroatoms. The third-order valence-corrected chi connectivity index (χ3v) is 3.99. The highest BCUT2D eigenvalue weighted by atomic mass is 16.5. The van der Waals surface area contributed by atoms with Gasteiger partial charge in [0.1, 0.15) is 12.4 Å². The standard InChI is InChI=1S/C17H29N3O2/c1-5-20(6-2)11-12-22-16-9-7-15(8-10-16)17(21)19(4)14(3)13-18/h7-10,14H,5-6,11-13,18H2,1-4H3. The number of carbonyl (C=O) groups excluding carboxylic acids is 1. The summed E-state index contributed by atoms with van der Waals surface area (Å²) in [5.74, 6) is 0.769. The highest BCUT2D eigenvalue weighted by molar-refractivity contribution is 5.94. The van der Waals surface area contributed by atoms with E-state index in [4.69, 9.17) is 10.5 Å². The molecule has 1 aromatic rings. The summed E-state index contributed by atoms with van der Waals surface area (Å²) in [5, 5.41) is 0. The molecule has 0 saturated carbocycles. The number of hydrogen-bond acceptors (Lipinski definition) is 4. The Kier molecular flexibility index (Phi) is 7.91. The van der Waals surface area contributed by atoms with Crippen LogP contribution in [0.25, 0.3) is 0 Å². The van der Waals surface area contributed by atoms with Crippen molar-refractivity contribution < 1.29 is 9.53 Å². The molecule has 1 aromatic carbocycles. The highest BCUT2D eigenvalue weighted by Crippen LogP contribution is 2.14. The minimum absolute atomic E-state index is 0.0207. The molecule has 1 rings (SSSR count). The summed E-state index contributed by atoms with van der Waals surface area (Å²) >= 11 is 0. The molecule has 0 aliphatic rings. The zero-order chi connectivity index (χ0) is 16.5. The Morgan fingerprint density at radius 3 is 2.32 bits per heavy atom. The van der Waals surface area contributed by atoms with Crippen LogP contribution < -0.4 is 10.5 Å². The molecule has 1 unspecified atom stereocenters. The topological polar surface area (TPSA) is 58.8 Å². The van der Waals surface area contributed by atoms with Crippen molar-refractivity contribution in [3.05, 3.63) is 29.8 Å². The van der Waals surface area contributed by atoms with Crippen LogP contribution >= 0.6 is 0 Å². The molecule has 0 heterocycles. The van der Waals surface area contributed by atoms with Crippen LogP contribution in [0, 0.1) is 0 Å². The Morgan fingerprint density at radius 1 is 1.23 bits per heavy atom. The molecular weight excluding hydrogens is 278 g/mol. The van der Waals surface area contributed by atoms with Crippen molar-refractivity contribution in [2.24, 2.45) is 5.73 Å². The zero-order valence-electron chi connectivity index (χ0n) is 14.2. The molecule has 0 aliphatic heterocycles. The summed E-state index contributed by atoms with van der Waals surface area (Å²) in [6.45, 7) is 10.3. The highest BCUT2D eigenvalue weighted by Gasteiger charge is 2.16. The lowest BCUT2D eigenvalue weighted by molar-refractivity contribution is 0.0748. The number of rotatable bonds is 9. The van der Waals surface area contributed by atoms with Crippen LogP contribution in [0.1, 0.15) is 31.1 Å². The average molecular weight is 307 g/mol. The minimum atomic E-state index is -0.0207. The van der Waals surface area contributed by atoms with E-state index in [-0.39, 0.29) is 11.9 Å². The van der Waals surface area contributed by atoms with Crippen molar-refractivity contribution in [2.45, 2.75) is 26.8 Å². The van der Waals surface area contributed by atoms with Gasteiger partial charge < -0.3 is 20.3 Å². The SMILES string of the molecule is CCN(CC)CCOc1ccc(C(=O)N(C)C(C)CN)cc1. The summed E-state index contributed by atoms with van der Waals surface area (Å²) in [6, 6.07) is 7.31. The molecule has 1 atom stereocenters. The second-order valence-corrected chi connectivity index (χ2v) is 5.40. The fourth-order valence-corrected chi connectivity index (χ4v) is 2.09. The van der Waals surface area contributed by atoms with E-state index in [2.05, 4.69) is 18.7 Å². The molecule has 0 aromatic heterocycles. The number of benzene rings is 1. The number of nitrogens with zero attached hydrogens (tertiary/aromatic N) is 2. The fourth-order valence-electron chi connectivity index (χ4n) is 2.09. The number of nitrogens with two attached hydrogens (primary N) is 1. The van der Waals surface area contributed by atoms with Gasteiger partial charge in [-0.15, -0.1) is 0 Å². The summed E-state index contributed by atoms with van der Waals surface area (Å²) < 4.78 is 5.72. The number of amides is 1. The van der Waals surface area contributed by atoms with Crippen LogP contribution in [0.3, 0.4) is 0 Å². The van der Waals surface area contributed by atoms with E-state index in [9.17, 15) is 4.79 Å². The van der Waals surface area contributed by atoms with Crippen LogP contribution in [0.2, 0.25) is 0 Å². The van der Waals surface area contributed by atoms with Gasteiger partial charge in [-0.1, -0.05) is 13.8 Å². The van der Waals surface area contributed by atoms with E-state index >= 15 is 0 Å². The van der Waals surface area contributed by atoms with Crippen LogP contribution in [0.5, 0.6) is 5.75 Å². The molecule has 0 radical (unpaired) electrons. The molecule has 5 nitrogen and oxygen atoms in total. The van der Waals surface area contributed by atoms with E-state index in [0.717, 1.165) is 25.4 Å². The summed E-state index contributed by atoms with van der Waals surface area (Å²) in [5.41, 5.74) is 6.25. The molecule has 2 N–H and O–H groups in total. The maximum Gasteiger partial charge on any atom is 0.253 e. The smallest absolute Gasteiger partial charge is 0.253 e. The molecule has 0 aliphatic carbocycles. The number of likely N-dealkylation sites (N-methyl/N-ethyl adjacent to an activating group) is 2. The summed E-state index contributed by atoms with van der Waals surface area (Å²) in [6.07, 6.45) is 0. The minimum Gasteiger partial charge on any atom is -0.492 e. The van der Waals surface area contributed by atoms with Crippen molar-refractivity contribution >= 4 is 5.91 Å². The Bertz CT molecular complexity index is 444. The normalized spacial score (nSPS) is 12.3. The van der Waals surface area contributed by atoms with Gasteiger partial charge in [0.25, 0.3) is 5.91 Å². The Hall–Kier alpha value is -1.59. The van der Waals surface area contributed by atoms with E-state index in [1.807, 2.05) is 19.1 Å². The second kappa shape index (κ2) is 9.43. The van der Waals surface area contributed by atoms with Gasteiger partial charge in [0.2, 0.25) is 0 Å². The molecular formula is C17H29N3O2. The van der Waals surface area contributed by atoms with E-state index < -0.39 is 0 Å². The van der Waals surface area contributed by atoms with E-state index in [1.54, 1.807) is 24.1 Å². The first kappa shape index (κ1) is 18.5. The van der Waals surface area contributed by atoms with E-state index in [0.29, 0.717) is 18.7 Å². The van der Waals surface area contributed by atoms with Gasteiger partial charge in [0.05, 0.1) is 0 Å². The lowest BCUT2D eigenvalue weighted by Crippen LogP contribution is -2.39. The lowest BCUT2D eigenvalue weighted by atomic mass is 10.1. The van der Waals surface area contributed by atoms with Gasteiger partial charge in [0.15, 0.2) is 0 Å². The fraction of sp³-hybridized carbons (Fsp3) is 0.588. The number of carbonyl (C=O) groups is 1. The van der Waals surface area contributed by atoms with Crippen molar-refractivity contribution in [2.75, 3.05) is 39.8 Å². The van der Waals surface area contributed by atoms with Crippen LogP contribution in [-0.4, -0.2) is 61.6 Å². The maximum absolute atomic E-state index is 12.3. The first-order chi connectivity index (χ1) is 10.5. The largest absolute Gasteiger partial charge is 0.492 e. The lowest BCUT2D eigenvalue weighted by Gasteiger charge is -2.23. The maximum atomic E-state index is 12.3. The molecule has 0 fully saturated rings. The Labute approximate surface area is 134 Å². The zero-order valence-corrected chi connectivity index (χ0v) is 14.2. The predicted molar refractivity (Wildman–Crippen MR) is 90.3 cm³/mol. The average Bonchev–Trinajstić information content (AvgIpc) is 2.57. The third-order valence-electron chi connectivity index (χ3n) is 3.99. The monoisotopic (exact) mass is 307 g/mol. The summed E-state index contributed by atoms with van der Waals surface area (Å²) in [4.78, 5) is 16.2. The van der Waals surface area contributed by atoms with Crippen molar-refractivity contribution in [3.8, 4) is 5.75 Å². The molecule has 0 saturated heterocycles. The van der Waals surface area contributed by atoms with Crippen LogP contribution in [-0.2, 0) is 0 Å². The molecule has 1 amide bonds. The molecule has 124 valence electrons. The Morgan fingerprint density at radius 2 is 1.82 bits per heavy atom. The van der Waals surface area contributed by atoms with Crippen molar-refractivity contribution in [3.63, 3.8) is 0 Å².